The molecule has 0 spiro atoms. The van der Waals surface area contributed by atoms with Gasteiger partial charge >= 0.3 is 25.7 Å². The van der Waals surface area contributed by atoms with Gasteiger partial charge in [-0.3, -0.25) is 0 Å². The first-order chi connectivity index (χ1) is 13.4. The number of unbranched alkanes of at least 4 members (excludes halogenated alkanes) is 1. The van der Waals surface area contributed by atoms with Crippen molar-refractivity contribution >= 4 is 42.3 Å². The standard InChI is InChI=1S/C19H50O6Si5/c1-12-13-18-26(2,3)22-28(6,7)24-30(10,11)25-29(8,9)23-27(4,5)19-14-16-21-17-15-20/h20H,12-19H2,1-11H3. The zero-order chi connectivity index (χ0) is 23.7. The van der Waals surface area contributed by atoms with E-state index in [1.54, 1.807) is 0 Å². The summed E-state index contributed by atoms with van der Waals surface area (Å²) in [6, 6.07) is 2.19. The molecule has 0 aromatic carbocycles. The highest BCUT2D eigenvalue weighted by molar-refractivity contribution is 6.90. The van der Waals surface area contributed by atoms with Gasteiger partial charge in [-0.2, -0.15) is 0 Å². The molecule has 0 aliphatic heterocycles. The van der Waals surface area contributed by atoms with Gasteiger partial charge in [-0.15, -0.1) is 0 Å². The first-order valence-corrected chi connectivity index (χ1v) is 26.1. The highest BCUT2D eigenvalue weighted by Crippen LogP contribution is 2.28. The molecule has 0 fully saturated rings. The summed E-state index contributed by atoms with van der Waals surface area (Å²) < 4.78 is 31.9. The lowest BCUT2D eigenvalue weighted by Gasteiger charge is -2.42. The van der Waals surface area contributed by atoms with E-state index in [0.717, 1.165) is 12.5 Å². The summed E-state index contributed by atoms with van der Waals surface area (Å²) in [7, 11) is -10.6. The molecule has 0 rings (SSSR count). The van der Waals surface area contributed by atoms with Gasteiger partial charge in [0.25, 0.3) is 0 Å². The second-order valence-corrected chi connectivity index (χ2v) is 30.4. The van der Waals surface area contributed by atoms with Crippen LogP contribution in [0.4, 0.5) is 0 Å². The van der Waals surface area contributed by atoms with Crippen LogP contribution in [-0.4, -0.2) is 67.2 Å². The number of ether oxygens (including phenoxy) is 1. The van der Waals surface area contributed by atoms with Crippen LogP contribution in [0.1, 0.15) is 26.2 Å². The fraction of sp³-hybridized carbons (Fsp3) is 1.00. The van der Waals surface area contributed by atoms with E-state index in [1.807, 2.05) is 0 Å². The summed E-state index contributed by atoms with van der Waals surface area (Å²) in [5.41, 5.74) is 0. The van der Waals surface area contributed by atoms with E-state index in [9.17, 15) is 0 Å². The third-order valence-electron chi connectivity index (χ3n) is 4.46. The van der Waals surface area contributed by atoms with Crippen LogP contribution in [0.5, 0.6) is 0 Å². The smallest absolute Gasteiger partial charge is 0.314 e. The zero-order valence-corrected chi connectivity index (χ0v) is 26.6. The molecule has 0 aromatic rings. The summed E-state index contributed by atoms with van der Waals surface area (Å²) in [5.74, 6) is 0. The number of hydrogen-bond acceptors (Lipinski definition) is 6. The molecule has 0 unspecified atom stereocenters. The first-order valence-electron chi connectivity index (χ1n) is 11.4. The average Bonchev–Trinajstić information content (AvgIpc) is 2.47. The Balaban J connectivity index is 4.81. The molecule has 1 N–H and O–H groups in total. The van der Waals surface area contributed by atoms with Crippen LogP contribution in [0.2, 0.25) is 77.6 Å². The lowest BCUT2D eigenvalue weighted by Crippen LogP contribution is -2.58. The Labute approximate surface area is 192 Å². The van der Waals surface area contributed by atoms with E-state index in [0.29, 0.717) is 13.2 Å². The highest BCUT2D eigenvalue weighted by Gasteiger charge is 2.45. The van der Waals surface area contributed by atoms with E-state index >= 15 is 0 Å². The normalized spacial score (nSPS) is 14.4. The number of hydrogen-bond donors (Lipinski definition) is 1. The summed E-state index contributed by atoms with van der Waals surface area (Å²) >= 11 is 0. The fourth-order valence-corrected chi connectivity index (χ4v) is 28.8. The highest BCUT2D eigenvalue weighted by atomic mass is 28.5. The largest absolute Gasteiger partial charge is 0.436 e. The van der Waals surface area contributed by atoms with Gasteiger partial charge in [0.05, 0.1) is 13.2 Å². The van der Waals surface area contributed by atoms with Gasteiger partial charge < -0.3 is 26.3 Å². The topological polar surface area (TPSA) is 66.4 Å². The Hall–Kier alpha value is 0.844. The minimum absolute atomic E-state index is 0.0759. The lowest BCUT2D eigenvalue weighted by molar-refractivity contribution is 0.0923. The van der Waals surface area contributed by atoms with Gasteiger partial charge in [-0.25, -0.2) is 0 Å². The molecule has 0 bridgehead atoms. The summed E-state index contributed by atoms with van der Waals surface area (Å²) in [4.78, 5) is 0. The molecule has 0 aromatic heterocycles. The van der Waals surface area contributed by atoms with E-state index in [2.05, 4.69) is 72.4 Å². The van der Waals surface area contributed by atoms with Gasteiger partial charge in [0.2, 0.25) is 0 Å². The Kier molecular flexibility index (Phi) is 13.3. The van der Waals surface area contributed by atoms with Crippen molar-refractivity contribution in [3.8, 4) is 0 Å². The first kappa shape index (κ1) is 30.8. The molecule has 0 saturated carbocycles. The maximum atomic E-state index is 8.80. The van der Waals surface area contributed by atoms with Crippen molar-refractivity contribution in [2.75, 3.05) is 19.8 Å². The molecule has 0 aliphatic carbocycles. The van der Waals surface area contributed by atoms with E-state index in [1.165, 1.54) is 18.9 Å². The summed E-state index contributed by atoms with van der Waals surface area (Å²) in [6.07, 6.45) is 3.38. The molecule has 6 nitrogen and oxygen atoms in total. The number of rotatable bonds is 17. The van der Waals surface area contributed by atoms with Gasteiger partial charge in [0, 0.05) is 6.61 Å². The van der Waals surface area contributed by atoms with Crippen molar-refractivity contribution in [2.24, 2.45) is 0 Å². The Morgan fingerprint density at radius 3 is 1.37 bits per heavy atom. The van der Waals surface area contributed by atoms with Crippen LogP contribution in [-0.2, 0) is 21.2 Å². The van der Waals surface area contributed by atoms with Crippen molar-refractivity contribution in [3.05, 3.63) is 0 Å². The van der Waals surface area contributed by atoms with Gasteiger partial charge in [-0.1, -0.05) is 19.8 Å². The molecular weight excluding hydrogens is 465 g/mol. The second kappa shape index (κ2) is 12.9. The van der Waals surface area contributed by atoms with Gasteiger partial charge in [0.15, 0.2) is 16.6 Å². The third-order valence-corrected chi connectivity index (χ3v) is 23.8. The predicted octanol–water partition coefficient (Wildman–Crippen LogP) is 5.77. The van der Waals surface area contributed by atoms with Gasteiger partial charge in [-0.05, 0) is 84.0 Å². The maximum absolute atomic E-state index is 8.80. The Bertz CT molecular complexity index is 486. The minimum Gasteiger partial charge on any atom is -0.436 e. The van der Waals surface area contributed by atoms with E-state index in [-0.39, 0.29) is 6.61 Å². The SMILES string of the molecule is CCCC[Si](C)(C)O[Si](C)(C)O[Si](C)(C)O[Si](C)(C)O[Si](C)(C)CCCOCCO. The molecule has 0 atom stereocenters. The average molecular weight is 515 g/mol. The molecule has 11 heteroatoms. The van der Waals surface area contributed by atoms with E-state index in [4.69, 9.17) is 26.3 Å². The van der Waals surface area contributed by atoms with Crippen molar-refractivity contribution in [1.82, 2.24) is 0 Å². The van der Waals surface area contributed by atoms with Crippen molar-refractivity contribution in [3.63, 3.8) is 0 Å². The third kappa shape index (κ3) is 15.6. The van der Waals surface area contributed by atoms with Crippen LogP contribution >= 0.6 is 0 Å². The molecule has 182 valence electrons. The lowest BCUT2D eigenvalue weighted by atomic mass is 10.4. The minimum atomic E-state index is -2.39. The molecule has 0 radical (unpaired) electrons. The number of aliphatic hydroxyl groups is 1. The Morgan fingerprint density at radius 2 is 0.967 bits per heavy atom. The van der Waals surface area contributed by atoms with Crippen molar-refractivity contribution < 1.29 is 26.3 Å². The molecule has 0 saturated heterocycles. The maximum Gasteiger partial charge on any atom is 0.314 e. The molecule has 0 aliphatic rings. The van der Waals surface area contributed by atoms with Crippen molar-refractivity contribution in [2.45, 2.75) is 104 Å². The van der Waals surface area contributed by atoms with Crippen LogP contribution in [0, 0.1) is 0 Å². The monoisotopic (exact) mass is 514 g/mol. The molecule has 0 heterocycles. The summed E-state index contributed by atoms with van der Waals surface area (Å²) in [5, 5.41) is 8.80. The molecule has 30 heavy (non-hydrogen) atoms. The molecule has 0 amide bonds. The quantitative estimate of drug-likeness (QED) is 0.196. The fourth-order valence-electron chi connectivity index (χ4n) is 4.05. The van der Waals surface area contributed by atoms with Crippen LogP contribution < -0.4 is 0 Å². The zero-order valence-electron chi connectivity index (χ0n) is 21.6. The Morgan fingerprint density at radius 1 is 0.567 bits per heavy atom. The number of aliphatic hydroxyl groups excluding tert-OH is 1. The van der Waals surface area contributed by atoms with Crippen LogP contribution in [0.25, 0.3) is 0 Å². The second-order valence-electron chi connectivity index (χ2n) is 10.7. The van der Waals surface area contributed by atoms with Crippen molar-refractivity contribution in [1.29, 1.82) is 0 Å². The van der Waals surface area contributed by atoms with E-state index < -0.39 is 42.3 Å². The van der Waals surface area contributed by atoms with Gasteiger partial charge in [0.1, 0.15) is 0 Å². The van der Waals surface area contributed by atoms with Crippen LogP contribution in [0.3, 0.4) is 0 Å². The molecular formula is C19H50O6Si5. The summed E-state index contributed by atoms with van der Waals surface area (Å²) in [6.45, 7) is 25.3. The predicted molar refractivity (Wildman–Crippen MR) is 139 cm³/mol. The van der Waals surface area contributed by atoms with Crippen LogP contribution in [0.15, 0.2) is 0 Å².